The predicted octanol–water partition coefficient (Wildman–Crippen LogP) is 4.14. The zero-order chi connectivity index (χ0) is 10.7. The van der Waals surface area contributed by atoms with E-state index in [4.69, 9.17) is 17.0 Å². The monoisotopic (exact) mass is 239 g/mol. The molecule has 80 valence electrons. The Kier molecular flexibility index (Phi) is 3.38. The van der Waals surface area contributed by atoms with Crippen LogP contribution < -0.4 is 4.74 Å². The molecule has 0 fully saturated rings. The van der Waals surface area contributed by atoms with Crippen LogP contribution in [0.25, 0.3) is 10.2 Å². The van der Waals surface area contributed by atoms with E-state index in [1.807, 2.05) is 18.2 Å². The van der Waals surface area contributed by atoms with Crippen molar-refractivity contribution in [1.29, 1.82) is 0 Å². The molecule has 1 aromatic heterocycles. The van der Waals surface area contributed by atoms with E-state index >= 15 is 0 Å². The van der Waals surface area contributed by atoms with E-state index in [-0.39, 0.29) is 0 Å². The summed E-state index contributed by atoms with van der Waals surface area (Å²) < 4.78 is 7.64. The van der Waals surface area contributed by atoms with Crippen LogP contribution in [-0.2, 0) is 0 Å². The van der Waals surface area contributed by atoms with E-state index in [0.29, 0.717) is 0 Å². The van der Waals surface area contributed by atoms with Crippen molar-refractivity contribution in [3.05, 3.63) is 22.2 Å². The van der Waals surface area contributed by atoms with Gasteiger partial charge in [0.15, 0.2) is 3.95 Å². The van der Waals surface area contributed by atoms with Crippen LogP contribution in [0.15, 0.2) is 18.2 Å². The van der Waals surface area contributed by atoms with Crippen molar-refractivity contribution in [2.45, 2.75) is 19.8 Å². The van der Waals surface area contributed by atoms with Crippen LogP contribution in [0.4, 0.5) is 0 Å². The molecular weight excluding hydrogens is 226 g/mol. The first-order valence-electron chi connectivity index (χ1n) is 5.06. The van der Waals surface area contributed by atoms with Gasteiger partial charge >= 0.3 is 0 Å². The van der Waals surface area contributed by atoms with Gasteiger partial charge in [-0.15, -0.1) is 11.3 Å². The second-order valence-corrected chi connectivity index (χ2v) is 5.04. The summed E-state index contributed by atoms with van der Waals surface area (Å²) >= 11 is 6.69. The minimum Gasteiger partial charge on any atom is -0.492 e. The van der Waals surface area contributed by atoms with Gasteiger partial charge in [0.2, 0.25) is 0 Å². The Morgan fingerprint density at radius 3 is 3.13 bits per heavy atom. The standard InChI is InChI=1S/C11H13NOS2/c1-2-3-7-13-9-6-4-5-8-10(9)15-11(14)12-8/h4-6H,2-3,7H2,1H3,(H,12,14). The Morgan fingerprint density at radius 2 is 2.33 bits per heavy atom. The lowest BCUT2D eigenvalue weighted by Gasteiger charge is -2.05. The summed E-state index contributed by atoms with van der Waals surface area (Å²) in [5.74, 6) is 0.943. The topological polar surface area (TPSA) is 25.0 Å². The van der Waals surface area contributed by atoms with Gasteiger partial charge in [0.1, 0.15) is 5.75 Å². The first kappa shape index (κ1) is 10.6. The molecule has 0 atom stereocenters. The third-order valence-corrected chi connectivity index (χ3v) is 3.43. The third-order valence-electron chi connectivity index (χ3n) is 2.17. The Labute approximate surface area is 97.9 Å². The number of hydrogen-bond donors (Lipinski definition) is 1. The molecule has 0 aliphatic carbocycles. The highest BCUT2D eigenvalue weighted by molar-refractivity contribution is 7.73. The fourth-order valence-electron chi connectivity index (χ4n) is 1.39. The van der Waals surface area contributed by atoms with Crippen LogP contribution >= 0.6 is 23.6 Å². The molecule has 1 heterocycles. The van der Waals surface area contributed by atoms with Gasteiger partial charge in [-0.1, -0.05) is 19.4 Å². The van der Waals surface area contributed by atoms with Crippen LogP contribution in [0, 0.1) is 3.95 Å². The largest absolute Gasteiger partial charge is 0.492 e. The van der Waals surface area contributed by atoms with Crippen molar-refractivity contribution in [3.63, 3.8) is 0 Å². The van der Waals surface area contributed by atoms with Crippen LogP contribution in [-0.4, -0.2) is 11.6 Å². The number of ether oxygens (including phenoxy) is 1. The highest BCUT2D eigenvalue weighted by Crippen LogP contribution is 2.29. The Bertz CT molecular complexity index is 501. The van der Waals surface area contributed by atoms with Crippen molar-refractivity contribution in [2.24, 2.45) is 0 Å². The van der Waals surface area contributed by atoms with Gasteiger partial charge in [0.05, 0.1) is 16.8 Å². The van der Waals surface area contributed by atoms with Crippen LogP contribution in [0.1, 0.15) is 19.8 Å². The maximum Gasteiger partial charge on any atom is 0.159 e. The van der Waals surface area contributed by atoms with Crippen molar-refractivity contribution in [1.82, 2.24) is 4.98 Å². The molecule has 2 aromatic rings. The number of aromatic amines is 1. The van der Waals surface area contributed by atoms with E-state index in [1.54, 1.807) is 11.3 Å². The molecule has 0 bridgehead atoms. The highest BCUT2D eigenvalue weighted by atomic mass is 32.1. The molecule has 15 heavy (non-hydrogen) atoms. The summed E-state index contributed by atoms with van der Waals surface area (Å²) in [5, 5.41) is 0. The number of aromatic nitrogens is 1. The molecule has 0 amide bonds. The highest BCUT2D eigenvalue weighted by Gasteiger charge is 2.03. The first-order chi connectivity index (χ1) is 7.31. The number of rotatable bonds is 4. The minimum absolute atomic E-state index is 0.778. The van der Waals surface area contributed by atoms with E-state index in [1.165, 1.54) is 0 Å². The molecule has 0 saturated heterocycles. The van der Waals surface area contributed by atoms with Crippen LogP contribution in [0.3, 0.4) is 0 Å². The number of fused-ring (bicyclic) bond motifs is 1. The molecule has 2 nitrogen and oxygen atoms in total. The lowest BCUT2D eigenvalue weighted by Crippen LogP contribution is -1.96. The van der Waals surface area contributed by atoms with Gasteiger partial charge in [-0.2, -0.15) is 0 Å². The van der Waals surface area contributed by atoms with E-state index in [2.05, 4.69) is 11.9 Å². The van der Waals surface area contributed by atoms with Crippen molar-refractivity contribution < 1.29 is 4.74 Å². The molecular formula is C11H13NOS2. The zero-order valence-corrected chi connectivity index (χ0v) is 10.2. The quantitative estimate of drug-likeness (QED) is 0.641. The number of thiazole rings is 1. The molecule has 0 aliphatic heterocycles. The van der Waals surface area contributed by atoms with E-state index in [0.717, 1.165) is 39.4 Å². The molecule has 1 N–H and O–H groups in total. The van der Waals surface area contributed by atoms with Gasteiger partial charge < -0.3 is 9.72 Å². The SMILES string of the molecule is CCCCOc1cccc2[nH]c(=S)sc12. The van der Waals surface area contributed by atoms with Crippen molar-refractivity contribution in [2.75, 3.05) is 6.61 Å². The molecule has 0 spiro atoms. The van der Waals surface area contributed by atoms with Crippen LogP contribution in [0.5, 0.6) is 5.75 Å². The second kappa shape index (κ2) is 4.77. The molecule has 2 rings (SSSR count). The summed E-state index contributed by atoms with van der Waals surface area (Å²) in [4.78, 5) is 3.14. The minimum atomic E-state index is 0.778. The van der Waals surface area contributed by atoms with Gasteiger partial charge in [0.25, 0.3) is 0 Å². The maximum absolute atomic E-state index is 5.72. The van der Waals surface area contributed by atoms with Gasteiger partial charge in [-0.05, 0) is 30.8 Å². The Balaban J connectivity index is 2.29. The Morgan fingerprint density at radius 1 is 1.47 bits per heavy atom. The first-order valence-corrected chi connectivity index (χ1v) is 6.28. The summed E-state index contributed by atoms with van der Waals surface area (Å²) in [6.07, 6.45) is 2.24. The predicted molar refractivity (Wildman–Crippen MR) is 67.4 cm³/mol. The molecule has 4 heteroatoms. The maximum atomic E-state index is 5.72. The van der Waals surface area contributed by atoms with Crippen molar-refractivity contribution >= 4 is 33.8 Å². The number of benzene rings is 1. The number of H-pyrrole nitrogens is 1. The third kappa shape index (κ3) is 2.38. The smallest absolute Gasteiger partial charge is 0.159 e. The lowest BCUT2D eigenvalue weighted by atomic mass is 10.3. The molecule has 0 radical (unpaired) electrons. The fourth-order valence-corrected chi connectivity index (χ4v) is 2.55. The van der Waals surface area contributed by atoms with E-state index in [9.17, 15) is 0 Å². The molecule has 1 aromatic carbocycles. The number of unbranched alkanes of at least 4 members (excludes halogenated alkanes) is 1. The van der Waals surface area contributed by atoms with Gasteiger partial charge in [-0.25, -0.2) is 0 Å². The van der Waals surface area contributed by atoms with E-state index < -0.39 is 0 Å². The average Bonchev–Trinajstić information content (AvgIpc) is 2.59. The van der Waals surface area contributed by atoms with Gasteiger partial charge in [0, 0.05) is 0 Å². The second-order valence-electron chi connectivity index (χ2n) is 3.35. The van der Waals surface area contributed by atoms with Crippen LogP contribution in [0.2, 0.25) is 0 Å². The summed E-state index contributed by atoms with van der Waals surface area (Å²) in [6, 6.07) is 6.01. The fraction of sp³-hybridized carbons (Fsp3) is 0.364. The van der Waals surface area contributed by atoms with Gasteiger partial charge in [-0.3, -0.25) is 0 Å². The summed E-state index contributed by atoms with van der Waals surface area (Å²) in [5.41, 5.74) is 1.07. The molecule has 0 aliphatic rings. The number of nitrogens with one attached hydrogen (secondary N) is 1. The Hall–Kier alpha value is -0.870. The lowest BCUT2D eigenvalue weighted by molar-refractivity contribution is 0.313. The molecule has 0 unspecified atom stereocenters. The normalized spacial score (nSPS) is 10.7. The van der Waals surface area contributed by atoms with Crippen molar-refractivity contribution in [3.8, 4) is 5.75 Å². The average molecular weight is 239 g/mol. The summed E-state index contributed by atoms with van der Waals surface area (Å²) in [6.45, 7) is 2.94. The summed E-state index contributed by atoms with van der Waals surface area (Å²) in [7, 11) is 0. The zero-order valence-electron chi connectivity index (χ0n) is 8.58. The number of hydrogen-bond acceptors (Lipinski definition) is 3. The molecule has 0 saturated carbocycles.